The Balaban J connectivity index is 2.06. The van der Waals surface area contributed by atoms with E-state index in [0.717, 1.165) is 28.0 Å². The monoisotopic (exact) mass is 252 g/mol. The topological polar surface area (TPSA) is 48.9 Å². The average molecular weight is 252 g/mol. The van der Waals surface area contributed by atoms with E-state index < -0.39 is 0 Å². The molecular weight excluding hydrogens is 236 g/mol. The van der Waals surface area contributed by atoms with Gasteiger partial charge in [-0.05, 0) is 37.1 Å². The summed E-state index contributed by atoms with van der Waals surface area (Å²) in [4.78, 5) is 7.95. The van der Waals surface area contributed by atoms with Crippen molar-refractivity contribution in [2.24, 2.45) is 0 Å². The Hall–Kier alpha value is -2.13. The number of hydrogen-bond donors (Lipinski definition) is 2. The summed E-state index contributed by atoms with van der Waals surface area (Å²) in [6, 6.07) is 14.3. The fourth-order valence-corrected chi connectivity index (χ4v) is 2.27. The minimum Gasteiger partial charge on any atom is -0.396 e. The number of aromatic amines is 1. The van der Waals surface area contributed by atoms with Crippen LogP contribution in [-0.4, -0.2) is 21.7 Å². The number of nitrogens with one attached hydrogen (secondary N) is 1. The van der Waals surface area contributed by atoms with Gasteiger partial charge in [0.05, 0.1) is 11.0 Å². The second kappa shape index (κ2) is 4.86. The van der Waals surface area contributed by atoms with E-state index in [2.05, 4.69) is 41.2 Å². The molecule has 19 heavy (non-hydrogen) atoms. The smallest absolute Gasteiger partial charge is 0.138 e. The lowest BCUT2D eigenvalue weighted by Gasteiger charge is -1.97. The summed E-state index contributed by atoms with van der Waals surface area (Å²) in [7, 11) is 0. The molecular formula is C16H16N2O. The van der Waals surface area contributed by atoms with Gasteiger partial charge in [0.25, 0.3) is 0 Å². The molecule has 0 amide bonds. The van der Waals surface area contributed by atoms with Gasteiger partial charge in [0.1, 0.15) is 5.82 Å². The van der Waals surface area contributed by atoms with E-state index >= 15 is 0 Å². The highest BCUT2D eigenvalue weighted by atomic mass is 16.2. The third-order valence-electron chi connectivity index (χ3n) is 3.24. The van der Waals surface area contributed by atoms with Crippen LogP contribution in [-0.2, 0) is 6.42 Å². The zero-order valence-electron chi connectivity index (χ0n) is 10.9. The molecule has 0 aliphatic carbocycles. The average Bonchev–Trinajstić information content (AvgIpc) is 2.82. The standard InChI is InChI=1S/C16H16N2O/c1-11-3-2-4-13(9-11)16-17-14-6-5-12(7-8-19)10-15(14)18-16/h2-6,9-10,19H,7-8H2,1H3,(H,17,18). The highest BCUT2D eigenvalue weighted by Gasteiger charge is 2.06. The number of imidazole rings is 1. The lowest BCUT2D eigenvalue weighted by atomic mass is 10.1. The Morgan fingerprint density at radius 3 is 2.84 bits per heavy atom. The molecule has 0 radical (unpaired) electrons. The molecule has 3 nitrogen and oxygen atoms in total. The number of fused-ring (bicyclic) bond motifs is 1. The van der Waals surface area contributed by atoms with Gasteiger partial charge in [-0.2, -0.15) is 0 Å². The maximum absolute atomic E-state index is 8.98. The first-order valence-electron chi connectivity index (χ1n) is 6.43. The van der Waals surface area contributed by atoms with Crippen molar-refractivity contribution in [1.82, 2.24) is 9.97 Å². The second-order valence-electron chi connectivity index (χ2n) is 4.78. The molecule has 0 aliphatic rings. The van der Waals surface area contributed by atoms with Crippen LogP contribution in [0, 0.1) is 6.92 Å². The molecule has 0 atom stereocenters. The highest BCUT2D eigenvalue weighted by molar-refractivity contribution is 5.80. The van der Waals surface area contributed by atoms with Gasteiger partial charge in [-0.3, -0.25) is 0 Å². The lowest BCUT2D eigenvalue weighted by molar-refractivity contribution is 0.299. The van der Waals surface area contributed by atoms with Crippen LogP contribution in [0.2, 0.25) is 0 Å². The molecule has 96 valence electrons. The van der Waals surface area contributed by atoms with Crippen molar-refractivity contribution in [3.63, 3.8) is 0 Å². The number of aliphatic hydroxyl groups is 1. The fraction of sp³-hybridized carbons (Fsp3) is 0.188. The van der Waals surface area contributed by atoms with Crippen LogP contribution < -0.4 is 0 Å². The number of aromatic nitrogens is 2. The molecule has 1 heterocycles. The van der Waals surface area contributed by atoms with Crippen molar-refractivity contribution in [1.29, 1.82) is 0 Å². The van der Waals surface area contributed by atoms with Gasteiger partial charge < -0.3 is 10.1 Å². The molecule has 3 rings (SSSR count). The van der Waals surface area contributed by atoms with Gasteiger partial charge in [-0.1, -0.05) is 29.8 Å². The normalized spacial score (nSPS) is 11.1. The molecule has 0 saturated carbocycles. The summed E-state index contributed by atoms with van der Waals surface area (Å²) in [6.45, 7) is 2.25. The highest BCUT2D eigenvalue weighted by Crippen LogP contribution is 2.22. The zero-order valence-corrected chi connectivity index (χ0v) is 10.9. The van der Waals surface area contributed by atoms with E-state index in [-0.39, 0.29) is 6.61 Å². The number of rotatable bonds is 3. The van der Waals surface area contributed by atoms with Gasteiger partial charge in [0.2, 0.25) is 0 Å². The van der Waals surface area contributed by atoms with E-state index in [1.807, 2.05) is 18.2 Å². The van der Waals surface area contributed by atoms with Crippen molar-refractivity contribution < 1.29 is 5.11 Å². The van der Waals surface area contributed by atoms with Crippen LogP contribution in [0.3, 0.4) is 0 Å². The van der Waals surface area contributed by atoms with Crippen LogP contribution in [0.1, 0.15) is 11.1 Å². The Morgan fingerprint density at radius 1 is 1.16 bits per heavy atom. The number of benzene rings is 2. The lowest BCUT2D eigenvalue weighted by Crippen LogP contribution is -1.89. The van der Waals surface area contributed by atoms with E-state index in [4.69, 9.17) is 5.11 Å². The van der Waals surface area contributed by atoms with Crippen molar-refractivity contribution in [2.45, 2.75) is 13.3 Å². The molecule has 0 aliphatic heterocycles. The first kappa shape index (κ1) is 11.9. The first-order chi connectivity index (χ1) is 9.26. The molecule has 0 bridgehead atoms. The number of nitrogens with zero attached hydrogens (tertiary/aromatic N) is 1. The molecule has 2 aromatic carbocycles. The summed E-state index contributed by atoms with van der Waals surface area (Å²) >= 11 is 0. The molecule has 0 unspecified atom stereocenters. The van der Waals surface area contributed by atoms with Crippen LogP contribution in [0.5, 0.6) is 0 Å². The minimum absolute atomic E-state index is 0.171. The van der Waals surface area contributed by atoms with Crippen LogP contribution in [0.4, 0.5) is 0 Å². The summed E-state index contributed by atoms with van der Waals surface area (Å²) in [6.07, 6.45) is 0.675. The van der Waals surface area contributed by atoms with Crippen LogP contribution in [0.15, 0.2) is 42.5 Å². The Labute approximate surface area is 111 Å². The minimum atomic E-state index is 0.171. The molecule has 0 saturated heterocycles. The van der Waals surface area contributed by atoms with E-state index in [1.54, 1.807) is 0 Å². The van der Waals surface area contributed by atoms with E-state index in [0.29, 0.717) is 6.42 Å². The maximum Gasteiger partial charge on any atom is 0.138 e. The largest absolute Gasteiger partial charge is 0.396 e. The van der Waals surface area contributed by atoms with Gasteiger partial charge >= 0.3 is 0 Å². The molecule has 2 N–H and O–H groups in total. The van der Waals surface area contributed by atoms with Gasteiger partial charge in [-0.25, -0.2) is 4.98 Å². The third-order valence-corrected chi connectivity index (χ3v) is 3.24. The summed E-state index contributed by atoms with van der Waals surface area (Å²) < 4.78 is 0. The predicted molar refractivity (Wildman–Crippen MR) is 77.1 cm³/mol. The number of aryl methyl sites for hydroxylation is 1. The molecule has 0 fully saturated rings. The van der Waals surface area contributed by atoms with Crippen molar-refractivity contribution in [3.8, 4) is 11.4 Å². The fourth-order valence-electron chi connectivity index (χ4n) is 2.27. The molecule has 3 heteroatoms. The third kappa shape index (κ3) is 2.37. The van der Waals surface area contributed by atoms with Gasteiger partial charge in [0, 0.05) is 12.2 Å². The quantitative estimate of drug-likeness (QED) is 0.752. The zero-order chi connectivity index (χ0) is 13.2. The maximum atomic E-state index is 8.98. The van der Waals surface area contributed by atoms with Crippen LogP contribution in [0.25, 0.3) is 22.4 Å². The second-order valence-corrected chi connectivity index (χ2v) is 4.78. The number of hydrogen-bond acceptors (Lipinski definition) is 2. The predicted octanol–water partition coefficient (Wildman–Crippen LogP) is 3.07. The van der Waals surface area contributed by atoms with E-state index in [9.17, 15) is 0 Å². The molecule has 3 aromatic rings. The summed E-state index contributed by atoms with van der Waals surface area (Å²) in [5.74, 6) is 0.889. The summed E-state index contributed by atoms with van der Waals surface area (Å²) in [5.41, 5.74) is 5.41. The van der Waals surface area contributed by atoms with Gasteiger partial charge in [-0.15, -0.1) is 0 Å². The van der Waals surface area contributed by atoms with Crippen molar-refractivity contribution >= 4 is 11.0 Å². The van der Waals surface area contributed by atoms with Crippen molar-refractivity contribution in [3.05, 3.63) is 53.6 Å². The van der Waals surface area contributed by atoms with Crippen LogP contribution >= 0.6 is 0 Å². The first-order valence-corrected chi connectivity index (χ1v) is 6.43. The Morgan fingerprint density at radius 2 is 2.05 bits per heavy atom. The Kier molecular flexibility index (Phi) is 3.05. The number of aliphatic hydroxyl groups excluding tert-OH is 1. The molecule has 1 aromatic heterocycles. The Bertz CT molecular complexity index is 716. The van der Waals surface area contributed by atoms with E-state index in [1.165, 1.54) is 5.56 Å². The number of H-pyrrole nitrogens is 1. The van der Waals surface area contributed by atoms with Crippen molar-refractivity contribution in [2.75, 3.05) is 6.61 Å². The SMILES string of the molecule is Cc1cccc(-c2nc3ccc(CCO)cc3[nH]2)c1. The van der Waals surface area contributed by atoms with Gasteiger partial charge in [0.15, 0.2) is 0 Å². The summed E-state index contributed by atoms with van der Waals surface area (Å²) in [5, 5.41) is 8.98. The molecule has 0 spiro atoms.